The van der Waals surface area contributed by atoms with Gasteiger partial charge in [-0.1, -0.05) is 19.3 Å². The number of nitrogens with zero attached hydrogens (tertiary/aromatic N) is 2. The minimum absolute atomic E-state index is 0.948. The van der Waals surface area contributed by atoms with Crippen LogP contribution < -0.4 is 5.32 Å². The van der Waals surface area contributed by atoms with Gasteiger partial charge >= 0.3 is 0 Å². The van der Waals surface area contributed by atoms with Gasteiger partial charge in [-0.3, -0.25) is 4.90 Å². The lowest BCUT2D eigenvalue weighted by molar-refractivity contribution is 0.156. The van der Waals surface area contributed by atoms with Crippen molar-refractivity contribution in [2.75, 3.05) is 45.8 Å². The molecule has 4 aliphatic rings. The first-order chi connectivity index (χ1) is 9.38. The Hall–Kier alpha value is -0.120. The van der Waals surface area contributed by atoms with Crippen LogP contribution in [-0.2, 0) is 0 Å². The topological polar surface area (TPSA) is 18.5 Å². The molecule has 3 saturated heterocycles. The molecule has 1 aliphatic carbocycles. The Morgan fingerprint density at radius 3 is 2.11 bits per heavy atom. The van der Waals surface area contributed by atoms with E-state index in [2.05, 4.69) is 15.1 Å². The quantitative estimate of drug-likeness (QED) is 0.830. The second-order valence-corrected chi connectivity index (χ2v) is 7.51. The summed E-state index contributed by atoms with van der Waals surface area (Å²) in [6, 6.07) is 0.948. The molecule has 2 atom stereocenters. The molecule has 0 radical (unpaired) electrons. The molecule has 0 spiro atoms. The van der Waals surface area contributed by atoms with E-state index in [1.54, 1.807) is 0 Å². The van der Waals surface area contributed by atoms with Gasteiger partial charge in [-0.2, -0.15) is 0 Å². The van der Waals surface area contributed by atoms with Gasteiger partial charge < -0.3 is 10.2 Å². The Bertz CT molecular complexity index is 295. The zero-order valence-electron chi connectivity index (χ0n) is 12.2. The number of nitrogens with one attached hydrogen (secondary N) is 1. The fraction of sp³-hybridized carbons (Fsp3) is 1.00. The van der Waals surface area contributed by atoms with Gasteiger partial charge in [-0.15, -0.1) is 0 Å². The minimum Gasteiger partial charge on any atom is -0.316 e. The van der Waals surface area contributed by atoms with Crippen molar-refractivity contribution in [1.29, 1.82) is 0 Å². The van der Waals surface area contributed by atoms with Crippen LogP contribution in [0.5, 0.6) is 0 Å². The summed E-state index contributed by atoms with van der Waals surface area (Å²) in [4.78, 5) is 5.62. The number of fused-ring (bicyclic) bond motifs is 1. The molecule has 4 rings (SSSR count). The molecule has 19 heavy (non-hydrogen) atoms. The number of likely N-dealkylation sites (tertiary alicyclic amines) is 2. The van der Waals surface area contributed by atoms with Crippen molar-refractivity contribution < 1.29 is 0 Å². The highest BCUT2D eigenvalue weighted by Crippen LogP contribution is 2.35. The molecule has 0 aromatic heterocycles. The predicted octanol–water partition coefficient (Wildman–Crippen LogP) is 1.40. The second kappa shape index (κ2) is 5.34. The zero-order chi connectivity index (χ0) is 12.7. The Labute approximate surface area is 117 Å². The maximum Gasteiger partial charge on any atom is 0.00955 e. The van der Waals surface area contributed by atoms with Gasteiger partial charge in [0.05, 0.1) is 0 Å². The Kier molecular flexibility index (Phi) is 3.55. The Morgan fingerprint density at radius 2 is 1.53 bits per heavy atom. The van der Waals surface area contributed by atoms with E-state index >= 15 is 0 Å². The normalized spacial score (nSPS) is 38.5. The molecule has 0 amide bonds. The summed E-state index contributed by atoms with van der Waals surface area (Å²) >= 11 is 0. The second-order valence-electron chi connectivity index (χ2n) is 7.51. The van der Waals surface area contributed by atoms with Gasteiger partial charge in [-0.05, 0) is 30.6 Å². The number of hydrogen-bond donors (Lipinski definition) is 1. The first-order valence-corrected chi connectivity index (χ1v) is 8.55. The minimum atomic E-state index is 0.948. The third-order valence-electron chi connectivity index (χ3n) is 6.06. The predicted molar refractivity (Wildman–Crippen MR) is 78.2 cm³/mol. The molecule has 1 N–H and O–H groups in total. The maximum absolute atomic E-state index is 3.40. The van der Waals surface area contributed by atoms with Crippen LogP contribution in [0, 0.1) is 17.8 Å². The third-order valence-corrected chi connectivity index (χ3v) is 6.06. The van der Waals surface area contributed by atoms with Crippen LogP contribution in [0.2, 0.25) is 0 Å². The van der Waals surface area contributed by atoms with Crippen molar-refractivity contribution in [3.8, 4) is 0 Å². The molecule has 0 unspecified atom stereocenters. The average Bonchev–Trinajstić information content (AvgIpc) is 2.93. The Balaban J connectivity index is 1.27. The monoisotopic (exact) mass is 263 g/mol. The van der Waals surface area contributed by atoms with Crippen molar-refractivity contribution in [2.24, 2.45) is 17.8 Å². The van der Waals surface area contributed by atoms with Crippen LogP contribution in [0.4, 0.5) is 0 Å². The molecule has 0 bridgehead atoms. The van der Waals surface area contributed by atoms with Gasteiger partial charge in [0.1, 0.15) is 0 Å². The summed E-state index contributed by atoms with van der Waals surface area (Å²) < 4.78 is 0. The van der Waals surface area contributed by atoms with E-state index in [4.69, 9.17) is 0 Å². The highest BCUT2D eigenvalue weighted by atomic mass is 15.3. The molecular weight excluding hydrogens is 234 g/mol. The van der Waals surface area contributed by atoms with Gasteiger partial charge in [0.25, 0.3) is 0 Å². The van der Waals surface area contributed by atoms with Crippen molar-refractivity contribution >= 4 is 0 Å². The molecule has 3 heterocycles. The van der Waals surface area contributed by atoms with Crippen molar-refractivity contribution in [1.82, 2.24) is 15.1 Å². The molecule has 3 aliphatic heterocycles. The summed E-state index contributed by atoms with van der Waals surface area (Å²) in [6.07, 6.45) is 7.42. The fourth-order valence-electron chi connectivity index (χ4n) is 4.86. The van der Waals surface area contributed by atoms with Crippen LogP contribution in [0.1, 0.15) is 32.1 Å². The van der Waals surface area contributed by atoms with Gasteiger partial charge in [0.15, 0.2) is 0 Å². The van der Waals surface area contributed by atoms with Crippen LogP contribution in [0.25, 0.3) is 0 Å². The smallest absolute Gasteiger partial charge is 0.00955 e. The lowest BCUT2D eigenvalue weighted by Gasteiger charge is -2.34. The summed E-state index contributed by atoms with van der Waals surface area (Å²) in [5.41, 5.74) is 0. The van der Waals surface area contributed by atoms with Crippen LogP contribution >= 0.6 is 0 Å². The molecule has 0 aromatic carbocycles. The van der Waals surface area contributed by atoms with Crippen molar-refractivity contribution in [3.05, 3.63) is 0 Å². The first-order valence-electron chi connectivity index (χ1n) is 8.55. The summed E-state index contributed by atoms with van der Waals surface area (Å²) in [5.74, 6) is 2.94. The van der Waals surface area contributed by atoms with Crippen molar-refractivity contribution in [2.45, 2.75) is 38.1 Å². The van der Waals surface area contributed by atoms with E-state index in [1.807, 2.05) is 0 Å². The summed E-state index contributed by atoms with van der Waals surface area (Å²) in [6.45, 7) is 9.50. The van der Waals surface area contributed by atoms with E-state index in [9.17, 15) is 0 Å². The van der Waals surface area contributed by atoms with E-state index < -0.39 is 0 Å². The third kappa shape index (κ3) is 2.57. The van der Waals surface area contributed by atoms with Gasteiger partial charge in [0.2, 0.25) is 0 Å². The largest absolute Gasteiger partial charge is 0.316 e. The molecule has 0 aromatic rings. The van der Waals surface area contributed by atoms with E-state index in [0.717, 1.165) is 23.8 Å². The van der Waals surface area contributed by atoms with Gasteiger partial charge in [-0.25, -0.2) is 0 Å². The lowest BCUT2D eigenvalue weighted by atomic mass is 9.94. The van der Waals surface area contributed by atoms with Crippen LogP contribution in [0.3, 0.4) is 0 Å². The molecule has 3 nitrogen and oxygen atoms in total. The first kappa shape index (κ1) is 12.6. The zero-order valence-corrected chi connectivity index (χ0v) is 12.2. The molecule has 4 fully saturated rings. The lowest BCUT2D eigenvalue weighted by Crippen LogP contribution is -2.48. The summed E-state index contributed by atoms with van der Waals surface area (Å²) in [5, 5.41) is 3.40. The fourth-order valence-corrected chi connectivity index (χ4v) is 4.86. The maximum atomic E-state index is 3.40. The van der Waals surface area contributed by atoms with Crippen LogP contribution in [-0.4, -0.2) is 61.7 Å². The summed E-state index contributed by atoms with van der Waals surface area (Å²) in [7, 11) is 0. The molecular formula is C16H29N3. The van der Waals surface area contributed by atoms with Gasteiger partial charge in [0, 0.05) is 51.9 Å². The van der Waals surface area contributed by atoms with E-state index in [-0.39, 0.29) is 0 Å². The average molecular weight is 263 g/mol. The number of rotatable bonds is 3. The molecule has 1 saturated carbocycles. The van der Waals surface area contributed by atoms with E-state index in [1.165, 1.54) is 77.9 Å². The Morgan fingerprint density at radius 1 is 0.842 bits per heavy atom. The SMILES string of the molecule is C1CCC(N2C[C@@H]3CN(CC4CNC4)C[C@H]3C2)CC1. The highest BCUT2D eigenvalue weighted by molar-refractivity contribution is 4.96. The molecule has 108 valence electrons. The van der Waals surface area contributed by atoms with Crippen LogP contribution in [0.15, 0.2) is 0 Å². The highest BCUT2D eigenvalue weighted by Gasteiger charge is 2.42. The van der Waals surface area contributed by atoms with Crippen molar-refractivity contribution in [3.63, 3.8) is 0 Å². The number of hydrogen-bond acceptors (Lipinski definition) is 3. The standard InChI is InChI=1S/C16H29N3/c1-2-4-16(5-3-1)19-11-14-9-18(10-15(14)12-19)8-13-6-17-7-13/h13-17H,1-12H2/t14-,15-/m0/s1. The molecule has 3 heteroatoms. The van der Waals surface area contributed by atoms with E-state index in [0.29, 0.717) is 0 Å².